The van der Waals surface area contributed by atoms with E-state index in [9.17, 15) is 13.2 Å². The zero-order chi connectivity index (χ0) is 13.8. The normalized spacial score (nSPS) is 13.7. The van der Waals surface area contributed by atoms with Gasteiger partial charge in [-0.2, -0.15) is 13.2 Å². The summed E-state index contributed by atoms with van der Waals surface area (Å²) in [6.07, 6.45) is -5.44. The Morgan fingerprint density at radius 3 is 2.39 bits per heavy atom. The van der Waals surface area contributed by atoms with Gasteiger partial charge in [-0.3, -0.25) is 11.3 Å². The highest BCUT2D eigenvalue weighted by Gasteiger charge is 2.33. The number of hydrogen-bond donors (Lipinski definition) is 2. The molecule has 0 aliphatic heterocycles. The predicted octanol–water partition coefficient (Wildman–Crippen LogP) is 2.93. The van der Waals surface area contributed by atoms with Gasteiger partial charge >= 0.3 is 6.18 Å². The van der Waals surface area contributed by atoms with E-state index in [1.807, 2.05) is 13.8 Å². The molecule has 0 bridgehead atoms. The molecule has 1 aromatic rings. The Kier molecular flexibility index (Phi) is 4.98. The predicted molar refractivity (Wildman–Crippen MR) is 62.9 cm³/mol. The maximum atomic E-state index is 12.4. The summed E-state index contributed by atoms with van der Waals surface area (Å²) in [4.78, 5) is 0. The summed E-state index contributed by atoms with van der Waals surface area (Å²) in [7, 11) is 0. The standard InChI is InChI=1S/C12H17F3N2O/c1-8(2)18-11-6-4-3-5-9(11)10(17-16)7-12(13,14)15/h3-6,8,10,17H,7,16H2,1-2H3. The van der Waals surface area contributed by atoms with Crippen molar-refractivity contribution in [2.24, 2.45) is 5.84 Å². The Morgan fingerprint density at radius 1 is 1.28 bits per heavy atom. The molecule has 0 radical (unpaired) electrons. The lowest BCUT2D eigenvalue weighted by Gasteiger charge is -2.22. The van der Waals surface area contributed by atoms with Crippen LogP contribution in [0.3, 0.4) is 0 Å². The highest BCUT2D eigenvalue weighted by Crippen LogP contribution is 2.33. The third-order valence-corrected chi connectivity index (χ3v) is 2.29. The molecule has 18 heavy (non-hydrogen) atoms. The lowest BCUT2D eigenvalue weighted by molar-refractivity contribution is -0.140. The Labute approximate surface area is 104 Å². The number of para-hydroxylation sites is 1. The maximum Gasteiger partial charge on any atom is 0.390 e. The minimum Gasteiger partial charge on any atom is -0.491 e. The van der Waals surface area contributed by atoms with Crippen molar-refractivity contribution in [2.75, 3.05) is 0 Å². The van der Waals surface area contributed by atoms with Gasteiger partial charge < -0.3 is 4.74 Å². The number of benzene rings is 1. The first-order valence-electron chi connectivity index (χ1n) is 5.62. The van der Waals surface area contributed by atoms with Crippen LogP contribution < -0.4 is 16.0 Å². The average molecular weight is 262 g/mol. The Balaban J connectivity index is 2.97. The van der Waals surface area contributed by atoms with Crippen LogP contribution in [0.25, 0.3) is 0 Å². The van der Waals surface area contributed by atoms with Gasteiger partial charge in [0.25, 0.3) is 0 Å². The monoisotopic (exact) mass is 262 g/mol. The first-order valence-corrected chi connectivity index (χ1v) is 5.62. The van der Waals surface area contributed by atoms with Crippen molar-refractivity contribution in [3.05, 3.63) is 29.8 Å². The molecule has 1 aromatic carbocycles. The van der Waals surface area contributed by atoms with Crippen LogP contribution in [0.5, 0.6) is 5.75 Å². The minimum atomic E-state index is -4.29. The second-order valence-corrected chi connectivity index (χ2v) is 4.24. The van der Waals surface area contributed by atoms with Crippen LogP contribution >= 0.6 is 0 Å². The Bertz CT molecular complexity index is 380. The summed E-state index contributed by atoms with van der Waals surface area (Å²) in [5.41, 5.74) is 2.60. The fraction of sp³-hybridized carbons (Fsp3) is 0.500. The van der Waals surface area contributed by atoms with Crippen LogP contribution in [0.1, 0.15) is 31.9 Å². The largest absolute Gasteiger partial charge is 0.491 e. The molecule has 0 fully saturated rings. The van der Waals surface area contributed by atoms with Crippen LogP contribution in [-0.4, -0.2) is 12.3 Å². The molecule has 0 saturated heterocycles. The van der Waals surface area contributed by atoms with Gasteiger partial charge in [0.1, 0.15) is 5.75 Å². The molecule has 0 aromatic heterocycles. The third-order valence-electron chi connectivity index (χ3n) is 2.29. The number of halogens is 3. The third kappa shape index (κ3) is 4.54. The van der Waals surface area contributed by atoms with E-state index in [1.165, 1.54) is 0 Å². The zero-order valence-electron chi connectivity index (χ0n) is 10.3. The van der Waals surface area contributed by atoms with Gasteiger partial charge in [0, 0.05) is 5.56 Å². The summed E-state index contributed by atoms with van der Waals surface area (Å²) >= 11 is 0. The van der Waals surface area contributed by atoms with E-state index >= 15 is 0 Å². The fourth-order valence-electron chi connectivity index (χ4n) is 1.62. The van der Waals surface area contributed by atoms with Crippen molar-refractivity contribution in [1.82, 2.24) is 5.43 Å². The van der Waals surface area contributed by atoms with Crippen LogP contribution in [-0.2, 0) is 0 Å². The second-order valence-electron chi connectivity index (χ2n) is 4.24. The fourth-order valence-corrected chi connectivity index (χ4v) is 1.62. The molecule has 1 atom stereocenters. The second kappa shape index (κ2) is 6.06. The zero-order valence-corrected chi connectivity index (χ0v) is 10.3. The van der Waals surface area contributed by atoms with Gasteiger partial charge in [-0.15, -0.1) is 0 Å². The molecule has 1 rings (SSSR count). The smallest absolute Gasteiger partial charge is 0.390 e. The van der Waals surface area contributed by atoms with E-state index in [2.05, 4.69) is 5.43 Å². The molecular weight excluding hydrogens is 245 g/mol. The van der Waals surface area contributed by atoms with Crippen molar-refractivity contribution in [2.45, 2.75) is 38.6 Å². The lowest BCUT2D eigenvalue weighted by Crippen LogP contribution is -2.32. The summed E-state index contributed by atoms with van der Waals surface area (Å²) < 4.78 is 42.8. The van der Waals surface area contributed by atoms with Crippen molar-refractivity contribution in [3.8, 4) is 5.75 Å². The summed E-state index contributed by atoms with van der Waals surface area (Å²) in [6, 6.07) is 5.57. The molecule has 102 valence electrons. The first-order chi connectivity index (χ1) is 8.33. The first kappa shape index (κ1) is 14.8. The molecule has 3 nitrogen and oxygen atoms in total. The van der Waals surface area contributed by atoms with Gasteiger partial charge in [-0.25, -0.2) is 0 Å². The summed E-state index contributed by atoms with van der Waals surface area (Å²) in [6.45, 7) is 3.62. The molecule has 0 spiro atoms. The van der Waals surface area contributed by atoms with Gasteiger partial charge in [0.05, 0.1) is 18.6 Å². The summed E-state index contributed by atoms with van der Waals surface area (Å²) in [5, 5.41) is 0. The van der Waals surface area contributed by atoms with Crippen molar-refractivity contribution < 1.29 is 17.9 Å². The van der Waals surface area contributed by atoms with E-state index in [1.54, 1.807) is 24.3 Å². The Morgan fingerprint density at radius 2 is 1.89 bits per heavy atom. The molecule has 1 unspecified atom stereocenters. The number of ether oxygens (including phenoxy) is 1. The molecule has 3 N–H and O–H groups in total. The highest BCUT2D eigenvalue weighted by atomic mass is 19.4. The molecule has 0 heterocycles. The van der Waals surface area contributed by atoms with E-state index in [0.717, 1.165) is 0 Å². The molecule has 0 aliphatic rings. The van der Waals surface area contributed by atoms with E-state index in [0.29, 0.717) is 11.3 Å². The Hall–Kier alpha value is -1.27. The lowest BCUT2D eigenvalue weighted by atomic mass is 10.0. The maximum absolute atomic E-state index is 12.4. The van der Waals surface area contributed by atoms with Crippen LogP contribution in [0.4, 0.5) is 13.2 Å². The van der Waals surface area contributed by atoms with E-state index in [4.69, 9.17) is 10.6 Å². The number of rotatable bonds is 5. The average Bonchev–Trinajstić information content (AvgIpc) is 2.25. The number of nitrogens with one attached hydrogen (secondary N) is 1. The minimum absolute atomic E-state index is 0.115. The molecule has 0 amide bonds. The van der Waals surface area contributed by atoms with Crippen LogP contribution in [0, 0.1) is 0 Å². The van der Waals surface area contributed by atoms with Gasteiger partial charge in [-0.05, 0) is 19.9 Å². The highest BCUT2D eigenvalue weighted by molar-refractivity contribution is 5.36. The van der Waals surface area contributed by atoms with Crippen molar-refractivity contribution in [3.63, 3.8) is 0 Å². The quantitative estimate of drug-likeness (QED) is 0.633. The van der Waals surface area contributed by atoms with Crippen molar-refractivity contribution in [1.29, 1.82) is 0 Å². The molecular formula is C12H17F3N2O. The number of hydrogen-bond acceptors (Lipinski definition) is 3. The number of hydrazine groups is 1. The van der Waals surface area contributed by atoms with Gasteiger partial charge in [0.15, 0.2) is 0 Å². The van der Waals surface area contributed by atoms with Crippen LogP contribution in [0.15, 0.2) is 24.3 Å². The van der Waals surface area contributed by atoms with E-state index in [-0.39, 0.29) is 6.10 Å². The number of alkyl halides is 3. The molecule has 0 saturated carbocycles. The molecule has 0 aliphatic carbocycles. The van der Waals surface area contributed by atoms with Crippen molar-refractivity contribution >= 4 is 0 Å². The molecule has 6 heteroatoms. The topological polar surface area (TPSA) is 47.3 Å². The van der Waals surface area contributed by atoms with Gasteiger partial charge in [0.2, 0.25) is 0 Å². The van der Waals surface area contributed by atoms with Crippen LogP contribution in [0.2, 0.25) is 0 Å². The van der Waals surface area contributed by atoms with Gasteiger partial charge in [-0.1, -0.05) is 18.2 Å². The van der Waals surface area contributed by atoms with E-state index < -0.39 is 18.6 Å². The SMILES string of the molecule is CC(C)Oc1ccccc1C(CC(F)(F)F)NN. The number of nitrogens with two attached hydrogens (primary N) is 1. The summed E-state index contributed by atoms with van der Waals surface area (Å²) in [5.74, 6) is 5.62.